The molecule has 0 heterocycles. The van der Waals surface area contributed by atoms with Crippen molar-refractivity contribution in [1.82, 2.24) is 10.7 Å². The summed E-state index contributed by atoms with van der Waals surface area (Å²) in [6.07, 6.45) is 3.63. The van der Waals surface area contributed by atoms with Crippen molar-refractivity contribution in [3.05, 3.63) is 65.2 Å². The first-order valence-corrected chi connectivity index (χ1v) is 10.3. The second kappa shape index (κ2) is 11.8. The third-order valence-electron chi connectivity index (χ3n) is 4.56. The van der Waals surface area contributed by atoms with Crippen LogP contribution < -0.4 is 15.5 Å². The standard InChI is InChI=1S/C24H31N3O3/c1-5-6-14-30-21-9-7-8-19(15-21)16-25-27-24(29)22(17(2)3)26-23(28)20-12-10-18(4)11-13-20/h7-13,15-17,22H,5-6,14H2,1-4H3,(H,26,28)(H,27,29). The number of nitrogens with zero attached hydrogens (tertiary/aromatic N) is 1. The van der Waals surface area contributed by atoms with Gasteiger partial charge in [-0.25, -0.2) is 5.43 Å². The number of rotatable bonds is 10. The molecule has 0 spiro atoms. The molecule has 2 aromatic carbocycles. The van der Waals surface area contributed by atoms with Crippen molar-refractivity contribution in [2.45, 2.75) is 46.6 Å². The summed E-state index contributed by atoms with van der Waals surface area (Å²) in [7, 11) is 0. The van der Waals surface area contributed by atoms with Crippen molar-refractivity contribution in [2.75, 3.05) is 6.61 Å². The molecule has 1 atom stereocenters. The zero-order valence-electron chi connectivity index (χ0n) is 18.1. The molecule has 0 aromatic heterocycles. The van der Waals surface area contributed by atoms with Gasteiger partial charge in [-0.15, -0.1) is 0 Å². The van der Waals surface area contributed by atoms with Crippen molar-refractivity contribution >= 4 is 18.0 Å². The Morgan fingerprint density at radius 2 is 1.87 bits per heavy atom. The first-order valence-electron chi connectivity index (χ1n) is 10.3. The number of unbranched alkanes of at least 4 members (excludes halogenated alkanes) is 1. The highest BCUT2D eigenvalue weighted by atomic mass is 16.5. The fourth-order valence-electron chi connectivity index (χ4n) is 2.72. The molecule has 160 valence electrons. The number of amides is 2. The van der Waals surface area contributed by atoms with E-state index < -0.39 is 6.04 Å². The van der Waals surface area contributed by atoms with E-state index in [1.54, 1.807) is 18.3 Å². The number of benzene rings is 2. The van der Waals surface area contributed by atoms with Crippen molar-refractivity contribution in [3.63, 3.8) is 0 Å². The lowest BCUT2D eigenvalue weighted by molar-refractivity contribution is -0.123. The van der Waals surface area contributed by atoms with E-state index in [1.807, 2.05) is 57.2 Å². The van der Waals surface area contributed by atoms with Crippen molar-refractivity contribution in [1.29, 1.82) is 0 Å². The van der Waals surface area contributed by atoms with Gasteiger partial charge >= 0.3 is 0 Å². The molecule has 0 saturated carbocycles. The van der Waals surface area contributed by atoms with Crippen molar-refractivity contribution < 1.29 is 14.3 Å². The Kier molecular flexibility index (Phi) is 9.06. The van der Waals surface area contributed by atoms with Gasteiger partial charge in [-0.3, -0.25) is 9.59 Å². The van der Waals surface area contributed by atoms with Crippen LogP contribution in [0.4, 0.5) is 0 Å². The van der Waals surface area contributed by atoms with Gasteiger partial charge in [0.2, 0.25) is 0 Å². The van der Waals surface area contributed by atoms with Crippen LogP contribution in [0, 0.1) is 12.8 Å². The number of carbonyl (C=O) groups excluding carboxylic acids is 2. The molecule has 2 aromatic rings. The predicted octanol–water partition coefficient (Wildman–Crippen LogP) is 4.08. The zero-order valence-corrected chi connectivity index (χ0v) is 18.1. The number of ether oxygens (including phenoxy) is 1. The minimum absolute atomic E-state index is 0.0927. The molecule has 6 nitrogen and oxygen atoms in total. The van der Waals surface area contributed by atoms with Gasteiger partial charge in [0.05, 0.1) is 12.8 Å². The summed E-state index contributed by atoms with van der Waals surface area (Å²) < 4.78 is 5.68. The Bertz CT molecular complexity index is 860. The fourth-order valence-corrected chi connectivity index (χ4v) is 2.72. The number of hydrogen-bond donors (Lipinski definition) is 2. The van der Waals surface area contributed by atoms with E-state index in [2.05, 4.69) is 22.8 Å². The van der Waals surface area contributed by atoms with Crippen LogP contribution in [0.2, 0.25) is 0 Å². The topological polar surface area (TPSA) is 79.8 Å². The minimum atomic E-state index is -0.695. The summed E-state index contributed by atoms with van der Waals surface area (Å²) in [5.74, 6) is 0.0239. The number of aryl methyl sites for hydroxylation is 1. The average molecular weight is 410 g/mol. The number of hydrazone groups is 1. The number of nitrogens with one attached hydrogen (secondary N) is 2. The predicted molar refractivity (Wildman–Crippen MR) is 120 cm³/mol. The molecule has 2 N–H and O–H groups in total. The first-order chi connectivity index (χ1) is 14.4. The van der Waals surface area contributed by atoms with E-state index in [1.165, 1.54) is 0 Å². The maximum Gasteiger partial charge on any atom is 0.262 e. The maximum absolute atomic E-state index is 12.6. The third-order valence-corrected chi connectivity index (χ3v) is 4.56. The second-order valence-corrected chi connectivity index (χ2v) is 7.57. The van der Waals surface area contributed by atoms with Gasteiger partial charge in [-0.2, -0.15) is 5.10 Å². The van der Waals surface area contributed by atoms with Crippen LogP contribution in [-0.4, -0.2) is 30.7 Å². The van der Waals surface area contributed by atoms with Gasteiger partial charge < -0.3 is 10.1 Å². The lowest BCUT2D eigenvalue weighted by Gasteiger charge is -2.20. The summed E-state index contributed by atoms with van der Waals surface area (Å²) in [5, 5.41) is 6.84. The quantitative estimate of drug-likeness (QED) is 0.353. The van der Waals surface area contributed by atoms with Crippen LogP contribution in [0.3, 0.4) is 0 Å². The smallest absolute Gasteiger partial charge is 0.262 e. The molecule has 0 saturated heterocycles. The van der Waals surface area contributed by atoms with E-state index in [-0.39, 0.29) is 17.7 Å². The minimum Gasteiger partial charge on any atom is -0.494 e. The summed E-state index contributed by atoms with van der Waals surface area (Å²) in [4.78, 5) is 25.0. The molecule has 1 unspecified atom stereocenters. The lowest BCUT2D eigenvalue weighted by Crippen LogP contribution is -2.48. The van der Waals surface area contributed by atoms with Gasteiger partial charge in [0.1, 0.15) is 11.8 Å². The molecular formula is C24H31N3O3. The van der Waals surface area contributed by atoms with Gasteiger partial charge in [0.15, 0.2) is 0 Å². The van der Waals surface area contributed by atoms with Crippen LogP contribution in [0.5, 0.6) is 5.75 Å². The Morgan fingerprint density at radius 3 is 2.53 bits per heavy atom. The Labute approximate surface area is 178 Å². The molecule has 2 amide bonds. The molecule has 0 aliphatic carbocycles. The summed E-state index contributed by atoms with van der Waals surface area (Å²) in [6.45, 7) is 8.49. The molecule has 0 aliphatic rings. The second-order valence-electron chi connectivity index (χ2n) is 7.57. The van der Waals surface area contributed by atoms with Crippen LogP contribution in [0.25, 0.3) is 0 Å². The summed E-state index contributed by atoms with van der Waals surface area (Å²) >= 11 is 0. The van der Waals surface area contributed by atoms with E-state index in [0.717, 1.165) is 29.7 Å². The first kappa shape index (κ1) is 23.1. The molecule has 6 heteroatoms. The average Bonchev–Trinajstić information content (AvgIpc) is 2.72. The molecule has 0 aliphatic heterocycles. The molecule has 0 radical (unpaired) electrons. The SMILES string of the molecule is CCCCOc1cccc(C=NNC(=O)C(NC(=O)c2ccc(C)cc2)C(C)C)c1. The van der Waals surface area contributed by atoms with E-state index in [9.17, 15) is 9.59 Å². The molecular weight excluding hydrogens is 378 g/mol. The molecule has 2 rings (SSSR count). The van der Waals surface area contributed by atoms with Crippen molar-refractivity contribution in [2.24, 2.45) is 11.0 Å². The van der Waals surface area contributed by atoms with Gasteiger partial charge in [-0.05, 0) is 49.1 Å². The Balaban J connectivity index is 1.95. The molecule has 0 bridgehead atoms. The third kappa shape index (κ3) is 7.35. The fraction of sp³-hybridized carbons (Fsp3) is 0.375. The van der Waals surface area contributed by atoms with Crippen LogP contribution in [0.1, 0.15) is 55.1 Å². The van der Waals surface area contributed by atoms with Gasteiger partial charge in [0.25, 0.3) is 11.8 Å². The maximum atomic E-state index is 12.6. The largest absolute Gasteiger partial charge is 0.494 e. The van der Waals surface area contributed by atoms with Crippen LogP contribution >= 0.6 is 0 Å². The highest BCUT2D eigenvalue weighted by molar-refractivity contribution is 5.97. The number of carbonyl (C=O) groups is 2. The van der Waals surface area contributed by atoms with Gasteiger partial charge in [0, 0.05) is 5.56 Å². The highest BCUT2D eigenvalue weighted by Gasteiger charge is 2.24. The zero-order chi connectivity index (χ0) is 21.9. The Hall–Kier alpha value is -3.15. The van der Waals surface area contributed by atoms with E-state index in [4.69, 9.17) is 4.74 Å². The van der Waals surface area contributed by atoms with Gasteiger partial charge in [-0.1, -0.05) is 57.0 Å². The Morgan fingerprint density at radius 1 is 1.13 bits per heavy atom. The van der Waals surface area contributed by atoms with Crippen LogP contribution in [0.15, 0.2) is 53.6 Å². The summed E-state index contributed by atoms with van der Waals surface area (Å²) in [5.41, 5.74) is 4.92. The lowest BCUT2D eigenvalue weighted by atomic mass is 10.0. The molecule has 30 heavy (non-hydrogen) atoms. The molecule has 0 fully saturated rings. The summed E-state index contributed by atoms with van der Waals surface area (Å²) in [6, 6.07) is 14.0. The number of hydrogen-bond acceptors (Lipinski definition) is 4. The normalized spacial score (nSPS) is 12.0. The van der Waals surface area contributed by atoms with E-state index in [0.29, 0.717) is 12.2 Å². The van der Waals surface area contributed by atoms with Crippen LogP contribution in [-0.2, 0) is 4.79 Å². The monoisotopic (exact) mass is 409 g/mol. The van der Waals surface area contributed by atoms with Crippen molar-refractivity contribution in [3.8, 4) is 5.75 Å². The van der Waals surface area contributed by atoms with E-state index >= 15 is 0 Å². The highest BCUT2D eigenvalue weighted by Crippen LogP contribution is 2.12.